The van der Waals surface area contributed by atoms with Crippen molar-refractivity contribution in [2.75, 3.05) is 0 Å². The number of aromatic hydroxyl groups is 1. The van der Waals surface area contributed by atoms with Gasteiger partial charge in [-0.2, -0.15) is 0 Å². The minimum atomic E-state index is -0.0389. The first-order valence-electron chi connectivity index (χ1n) is 8.44. The molecule has 0 spiro atoms. The lowest BCUT2D eigenvalue weighted by atomic mass is 9.72. The molecule has 0 radical (unpaired) electrons. The van der Waals surface area contributed by atoms with Crippen LogP contribution in [0.1, 0.15) is 83.9 Å². The largest absolute Gasteiger partial charge is 0.507 e. The van der Waals surface area contributed by atoms with Gasteiger partial charge >= 0.3 is 0 Å². The lowest BCUT2D eigenvalue weighted by Crippen LogP contribution is -2.57. The van der Waals surface area contributed by atoms with Crippen LogP contribution in [-0.2, 0) is 5.41 Å². The van der Waals surface area contributed by atoms with Gasteiger partial charge in [0.15, 0.2) is 0 Å². The molecule has 1 aliphatic rings. The first kappa shape index (κ1) is 17.3. The average molecular weight is 303 g/mol. The maximum atomic E-state index is 10.4. The number of benzene rings is 1. The van der Waals surface area contributed by atoms with Crippen LogP contribution in [-0.4, -0.2) is 16.2 Å². The Bertz CT molecular complexity index is 548. The van der Waals surface area contributed by atoms with Gasteiger partial charge in [0.2, 0.25) is 0 Å². The number of nitrogens with one attached hydrogen (secondary N) is 1. The van der Waals surface area contributed by atoms with Gasteiger partial charge in [0.25, 0.3) is 0 Å². The molecule has 1 aromatic carbocycles. The van der Waals surface area contributed by atoms with Crippen molar-refractivity contribution in [2.24, 2.45) is 0 Å². The van der Waals surface area contributed by atoms with Crippen LogP contribution in [0.5, 0.6) is 5.75 Å². The summed E-state index contributed by atoms with van der Waals surface area (Å²) in [6.45, 7) is 17.7. The Balaban J connectivity index is 2.47. The van der Waals surface area contributed by atoms with E-state index >= 15 is 0 Å². The standard InChI is InChI=1S/C20H33NO/c1-13-9-14(10-16(17(13)22)18(2,3)4)15-11-19(5,6)21-20(7,8)12-15/h9-10,15,21-22H,11-12H2,1-8H3. The van der Waals surface area contributed by atoms with Crippen molar-refractivity contribution in [3.63, 3.8) is 0 Å². The third-order valence-electron chi connectivity index (χ3n) is 4.79. The minimum absolute atomic E-state index is 0.0389. The Kier molecular flexibility index (Phi) is 4.15. The third kappa shape index (κ3) is 3.65. The summed E-state index contributed by atoms with van der Waals surface area (Å²) in [6, 6.07) is 4.43. The van der Waals surface area contributed by atoms with E-state index in [1.807, 2.05) is 6.92 Å². The summed E-state index contributed by atoms with van der Waals surface area (Å²) >= 11 is 0. The van der Waals surface area contributed by atoms with Crippen LogP contribution < -0.4 is 5.32 Å². The highest BCUT2D eigenvalue weighted by Crippen LogP contribution is 2.42. The fourth-order valence-corrected chi connectivity index (χ4v) is 4.17. The Hall–Kier alpha value is -1.02. The van der Waals surface area contributed by atoms with Gasteiger partial charge in [0, 0.05) is 11.1 Å². The summed E-state index contributed by atoms with van der Waals surface area (Å²) in [5.41, 5.74) is 3.68. The molecule has 1 aliphatic heterocycles. The predicted molar refractivity (Wildman–Crippen MR) is 94.8 cm³/mol. The molecule has 2 rings (SSSR count). The summed E-state index contributed by atoms with van der Waals surface area (Å²) in [7, 11) is 0. The molecular weight excluding hydrogens is 270 g/mol. The number of hydrogen-bond donors (Lipinski definition) is 2. The van der Waals surface area contributed by atoms with Gasteiger partial charge in [-0.1, -0.05) is 32.9 Å². The van der Waals surface area contributed by atoms with E-state index < -0.39 is 0 Å². The number of piperidine rings is 1. The number of phenols is 1. The van der Waals surface area contributed by atoms with E-state index in [2.05, 4.69) is 65.9 Å². The SMILES string of the molecule is Cc1cc(C2CC(C)(C)NC(C)(C)C2)cc(C(C)(C)C)c1O. The summed E-state index contributed by atoms with van der Waals surface area (Å²) < 4.78 is 0. The molecule has 0 amide bonds. The number of phenolic OH excluding ortho intramolecular Hbond substituents is 1. The van der Waals surface area contributed by atoms with Crippen molar-refractivity contribution < 1.29 is 5.11 Å². The lowest BCUT2D eigenvalue weighted by molar-refractivity contribution is 0.161. The maximum absolute atomic E-state index is 10.4. The van der Waals surface area contributed by atoms with Crippen LogP contribution in [0.15, 0.2) is 12.1 Å². The van der Waals surface area contributed by atoms with E-state index in [-0.39, 0.29) is 16.5 Å². The van der Waals surface area contributed by atoms with Crippen LogP contribution in [0, 0.1) is 6.92 Å². The fraction of sp³-hybridized carbons (Fsp3) is 0.700. The molecule has 124 valence electrons. The van der Waals surface area contributed by atoms with Crippen molar-refractivity contribution in [2.45, 2.75) is 90.6 Å². The number of aryl methyl sites for hydroxylation is 1. The Morgan fingerprint density at radius 1 is 1.05 bits per heavy atom. The smallest absolute Gasteiger partial charge is 0.122 e. The zero-order valence-electron chi connectivity index (χ0n) is 15.6. The molecule has 0 aromatic heterocycles. The van der Waals surface area contributed by atoms with E-state index in [0.717, 1.165) is 24.0 Å². The lowest BCUT2D eigenvalue weighted by Gasteiger charge is -2.47. The zero-order valence-corrected chi connectivity index (χ0v) is 15.6. The second-order valence-electron chi connectivity index (χ2n) is 9.48. The van der Waals surface area contributed by atoms with E-state index in [9.17, 15) is 5.11 Å². The van der Waals surface area contributed by atoms with Crippen molar-refractivity contribution in [1.82, 2.24) is 5.32 Å². The van der Waals surface area contributed by atoms with E-state index in [1.165, 1.54) is 5.56 Å². The first-order valence-corrected chi connectivity index (χ1v) is 8.44. The highest BCUT2D eigenvalue weighted by atomic mass is 16.3. The average Bonchev–Trinajstić information content (AvgIpc) is 2.26. The van der Waals surface area contributed by atoms with Crippen LogP contribution >= 0.6 is 0 Å². The topological polar surface area (TPSA) is 32.3 Å². The summed E-state index contributed by atoms with van der Waals surface area (Å²) in [6.07, 6.45) is 2.26. The molecule has 0 bridgehead atoms. The van der Waals surface area contributed by atoms with Crippen LogP contribution in [0.4, 0.5) is 0 Å². The van der Waals surface area contributed by atoms with Gasteiger partial charge in [0.05, 0.1) is 0 Å². The highest BCUT2D eigenvalue weighted by molar-refractivity contribution is 5.47. The summed E-state index contributed by atoms with van der Waals surface area (Å²) in [4.78, 5) is 0. The molecule has 22 heavy (non-hydrogen) atoms. The van der Waals surface area contributed by atoms with E-state index in [4.69, 9.17) is 0 Å². The summed E-state index contributed by atoms with van der Waals surface area (Å²) in [5, 5.41) is 14.2. The van der Waals surface area contributed by atoms with Gasteiger partial charge < -0.3 is 10.4 Å². The van der Waals surface area contributed by atoms with Gasteiger partial charge in [-0.25, -0.2) is 0 Å². The van der Waals surface area contributed by atoms with Crippen molar-refractivity contribution >= 4 is 0 Å². The fourth-order valence-electron chi connectivity index (χ4n) is 4.17. The van der Waals surface area contributed by atoms with Gasteiger partial charge in [-0.05, 0) is 75.5 Å². The Morgan fingerprint density at radius 3 is 2.00 bits per heavy atom. The van der Waals surface area contributed by atoms with Crippen molar-refractivity contribution in [1.29, 1.82) is 0 Å². The monoisotopic (exact) mass is 303 g/mol. The molecule has 0 atom stereocenters. The first-order chi connectivity index (χ1) is 9.81. The molecular formula is C20H33NO. The molecule has 2 heteroatoms. The maximum Gasteiger partial charge on any atom is 0.122 e. The van der Waals surface area contributed by atoms with E-state index in [0.29, 0.717) is 11.7 Å². The van der Waals surface area contributed by atoms with Crippen LogP contribution in [0.3, 0.4) is 0 Å². The van der Waals surface area contributed by atoms with Gasteiger partial charge in [0.1, 0.15) is 5.75 Å². The van der Waals surface area contributed by atoms with Gasteiger partial charge in [-0.3, -0.25) is 0 Å². The molecule has 0 saturated carbocycles. The molecule has 1 saturated heterocycles. The predicted octanol–water partition coefficient (Wildman–Crippen LogP) is 5.02. The Morgan fingerprint density at radius 2 is 1.55 bits per heavy atom. The van der Waals surface area contributed by atoms with E-state index in [1.54, 1.807) is 0 Å². The molecule has 2 nitrogen and oxygen atoms in total. The number of rotatable bonds is 1. The van der Waals surface area contributed by atoms with Gasteiger partial charge in [-0.15, -0.1) is 0 Å². The second kappa shape index (κ2) is 5.26. The molecule has 1 aromatic rings. The second-order valence-corrected chi connectivity index (χ2v) is 9.48. The third-order valence-corrected chi connectivity index (χ3v) is 4.79. The molecule has 0 unspecified atom stereocenters. The normalized spacial score (nSPS) is 21.8. The minimum Gasteiger partial charge on any atom is -0.507 e. The number of hydrogen-bond acceptors (Lipinski definition) is 2. The molecule has 1 heterocycles. The van der Waals surface area contributed by atoms with Crippen LogP contribution in [0.2, 0.25) is 0 Å². The molecule has 0 aliphatic carbocycles. The van der Waals surface area contributed by atoms with Crippen LogP contribution in [0.25, 0.3) is 0 Å². The quantitative estimate of drug-likeness (QED) is 0.763. The van der Waals surface area contributed by atoms with Crippen molar-refractivity contribution in [3.05, 3.63) is 28.8 Å². The van der Waals surface area contributed by atoms with Crippen molar-refractivity contribution in [3.8, 4) is 5.75 Å². The molecule has 2 N–H and O–H groups in total. The highest BCUT2D eigenvalue weighted by Gasteiger charge is 2.38. The zero-order chi connectivity index (χ0) is 16.9. The molecule has 1 fully saturated rings. The Labute approximate surface area is 136 Å². The summed E-state index contributed by atoms with van der Waals surface area (Å²) in [5.74, 6) is 0.996.